The molecule has 4 nitrogen and oxygen atoms in total. The van der Waals surface area contributed by atoms with Gasteiger partial charge in [-0.15, -0.1) is 0 Å². The van der Waals surface area contributed by atoms with Crippen LogP contribution in [0.5, 0.6) is 0 Å². The zero-order valence-electron chi connectivity index (χ0n) is 13.3. The average molecular weight is 288 g/mol. The molecule has 2 aromatic rings. The fraction of sp³-hybridized carbons (Fsp3) is 0.529. The van der Waals surface area contributed by atoms with Crippen LogP contribution in [0.1, 0.15) is 33.0 Å². The summed E-state index contributed by atoms with van der Waals surface area (Å²) in [7, 11) is 1.45. The third-order valence-electron chi connectivity index (χ3n) is 3.89. The molecule has 0 bridgehead atoms. The Balaban J connectivity index is 2.40. The molecule has 1 atom stereocenters. The van der Waals surface area contributed by atoms with Gasteiger partial charge in [-0.1, -0.05) is 32.9 Å². The second-order valence-electron chi connectivity index (χ2n) is 5.75. The summed E-state index contributed by atoms with van der Waals surface area (Å²) in [6.45, 7) is 7.17. The second-order valence-corrected chi connectivity index (χ2v) is 5.75. The molecule has 0 saturated carbocycles. The minimum atomic E-state index is -0.153. The van der Waals surface area contributed by atoms with Gasteiger partial charge in [-0.05, 0) is 24.5 Å². The van der Waals surface area contributed by atoms with E-state index in [4.69, 9.17) is 9.72 Å². The van der Waals surface area contributed by atoms with Gasteiger partial charge in [-0.3, -0.25) is 4.79 Å². The standard InChI is InChI=1S/C17H24N2O2/c1-5-10-19-15-9-7-6-8-14(15)18-16(19)11-13(12(2)3)17(20)21-4/h6-9,12-13H,5,10-11H2,1-4H3. The number of para-hydroxylation sites is 2. The number of ether oxygens (including phenoxy) is 1. The molecule has 0 amide bonds. The van der Waals surface area contributed by atoms with Gasteiger partial charge in [0.15, 0.2) is 0 Å². The molecule has 0 spiro atoms. The van der Waals surface area contributed by atoms with Gasteiger partial charge in [0.1, 0.15) is 5.82 Å². The lowest BCUT2D eigenvalue weighted by Crippen LogP contribution is -2.25. The molecule has 0 radical (unpaired) electrons. The Labute approximate surface area is 126 Å². The maximum absolute atomic E-state index is 12.0. The zero-order chi connectivity index (χ0) is 15.4. The summed E-state index contributed by atoms with van der Waals surface area (Å²) >= 11 is 0. The number of aryl methyl sites for hydroxylation is 1. The van der Waals surface area contributed by atoms with Crippen molar-refractivity contribution in [2.24, 2.45) is 11.8 Å². The van der Waals surface area contributed by atoms with Crippen molar-refractivity contribution in [2.45, 2.75) is 40.2 Å². The molecule has 1 aromatic carbocycles. The molecule has 114 valence electrons. The number of fused-ring (bicyclic) bond motifs is 1. The number of carbonyl (C=O) groups excluding carboxylic acids is 1. The molecular weight excluding hydrogens is 264 g/mol. The predicted octanol–water partition coefficient (Wildman–Crippen LogP) is 3.43. The van der Waals surface area contributed by atoms with Crippen molar-refractivity contribution in [2.75, 3.05) is 7.11 Å². The van der Waals surface area contributed by atoms with Crippen LogP contribution in [0.15, 0.2) is 24.3 Å². The second kappa shape index (κ2) is 6.74. The van der Waals surface area contributed by atoms with Crippen molar-refractivity contribution in [3.8, 4) is 0 Å². The molecule has 4 heteroatoms. The van der Waals surface area contributed by atoms with Crippen LogP contribution in [0, 0.1) is 11.8 Å². The molecule has 21 heavy (non-hydrogen) atoms. The van der Waals surface area contributed by atoms with E-state index in [1.165, 1.54) is 7.11 Å². The maximum Gasteiger partial charge on any atom is 0.309 e. The summed E-state index contributed by atoms with van der Waals surface area (Å²) in [6, 6.07) is 8.13. The monoisotopic (exact) mass is 288 g/mol. The number of hydrogen-bond donors (Lipinski definition) is 0. The lowest BCUT2D eigenvalue weighted by molar-refractivity contribution is -0.147. The largest absolute Gasteiger partial charge is 0.469 e. The van der Waals surface area contributed by atoms with Crippen LogP contribution in [0.2, 0.25) is 0 Å². The lowest BCUT2D eigenvalue weighted by atomic mass is 9.92. The van der Waals surface area contributed by atoms with Crippen molar-refractivity contribution < 1.29 is 9.53 Å². The van der Waals surface area contributed by atoms with Crippen molar-refractivity contribution in [3.63, 3.8) is 0 Å². The van der Waals surface area contributed by atoms with Crippen LogP contribution in [0.25, 0.3) is 11.0 Å². The number of carbonyl (C=O) groups is 1. The first-order valence-corrected chi connectivity index (χ1v) is 7.60. The number of aromatic nitrogens is 2. The van der Waals surface area contributed by atoms with Gasteiger partial charge in [0.05, 0.1) is 24.1 Å². The lowest BCUT2D eigenvalue weighted by Gasteiger charge is -2.18. The Hall–Kier alpha value is -1.84. The highest BCUT2D eigenvalue weighted by Crippen LogP contribution is 2.23. The predicted molar refractivity (Wildman–Crippen MR) is 84.1 cm³/mol. The van der Waals surface area contributed by atoms with Crippen molar-refractivity contribution >= 4 is 17.0 Å². The topological polar surface area (TPSA) is 44.1 Å². The Morgan fingerprint density at radius 3 is 2.67 bits per heavy atom. The normalized spacial score (nSPS) is 12.8. The first kappa shape index (κ1) is 15.5. The highest BCUT2D eigenvalue weighted by Gasteiger charge is 2.26. The maximum atomic E-state index is 12.0. The van der Waals surface area contributed by atoms with E-state index in [-0.39, 0.29) is 17.8 Å². The molecular formula is C17H24N2O2. The van der Waals surface area contributed by atoms with E-state index in [9.17, 15) is 4.79 Å². The van der Waals surface area contributed by atoms with E-state index in [1.807, 2.05) is 18.2 Å². The molecule has 1 heterocycles. The molecule has 2 rings (SSSR count). The number of imidazole rings is 1. The summed E-state index contributed by atoms with van der Waals surface area (Å²) in [4.78, 5) is 16.7. The van der Waals surface area contributed by atoms with E-state index >= 15 is 0 Å². The Bertz CT molecular complexity index is 616. The zero-order valence-corrected chi connectivity index (χ0v) is 13.3. The van der Waals surface area contributed by atoms with E-state index in [1.54, 1.807) is 0 Å². The third-order valence-corrected chi connectivity index (χ3v) is 3.89. The fourth-order valence-electron chi connectivity index (χ4n) is 2.69. The molecule has 0 saturated heterocycles. The number of nitrogens with zero attached hydrogens (tertiary/aromatic N) is 2. The van der Waals surface area contributed by atoms with Crippen molar-refractivity contribution in [1.82, 2.24) is 9.55 Å². The van der Waals surface area contributed by atoms with Gasteiger partial charge in [0.2, 0.25) is 0 Å². The van der Waals surface area contributed by atoms with Crippen LogP contribution in [0.3, 0.4) is 0 Å². The number of benzene rings is 1. The van der Waals surface area contributed by atoms with Gasteiger partial charge in [-0.2, -0.15) is 0 Å². The molecule has 1 aromatic heterocycles. The highest BCUT2D eigenvalue weighted by atomic mass is 16.5. The van der Waals surface area contributed by atoms with Crippen LogP contribution in [0.4, 0.5) is 0 Å². The van der Waals surface area contributed by atoms with Crippen LogP contribution >= 0.6 is 0 Å². The van der Waals surface area contributed by atoms with Gasteiger partial charge in [0, 0.05) is 13.0 Å². The summed E-state index contributed by atoms with van der Waals surface area (Å²) in [6.07, 6.45) is 1.66. The van der Waals surface area contributed by atoms with Crippen molar-refractivity contribution in [1.29, 1.82) is 0 Å². The minimum Gasteiger partial charge on any atom is -0.469 e. The molecule has 1 unspecified atom stereocenters. The molecule has 0 N–H and O–H groups in total. The van der Waals surface area contributed by atoms with E-state index in [0.29, 0.717) is 6.42 Å². The summed E-state index contributed by atoms with van der Waals surface area (Å²) in [5.74, 6) is 0.900. The fourth-order valence-corrected chi connectivity index (χ4v) is 2.69. The van der Waals surface area contributed by atoms with Gasteiger partial charge in [0.25, 0.3) is 0 Å². The third kappa shape index (κ3) is 3.26. The van der Waals surface area contributed by atoms with E-state index < -0.39 is 0 Å². The van der Waals surface area contributed by atoms with E-state index in [0.717, 1.165) is 29.8 Å². The molecule has 0 aliphatic rings. The average Bonchev–Trinajstić information content (AvgIpc) is 2.82. The summed E-state index contributed by atoms with van der Waals surface area (Å²) in [5, 5.41) is 0. The quantitative estimate of drug-likeness (QED) is 0.765. The highest BCUT2D eigenvalue weighted by molar-refractivity contribution is 5.76. The smallest absolute Gasteiger partial charge is 0.309 e. The summed E-state index contributed by atoms with van der Waals surface area (Å²) < 4.78 is 7.17. The number of hydrogen-bond acceptors (Lipinski definition) is 3. The number of rotatable bonds is 6. The van der Waals surface area contributed by atoms with Gasteiger partial charge >= 0.3 is 5.97 Å². The number of methoxy groups -OCH3 is 1. The van der Waals surface area contributed by atoms with E-state index in [2.05, 4.69) is 31.4 Å². The Morgan fingerprint density at radius 2 is 2.05 bits per heavy atom. The van der Waals surface area contributed by atoms with Gasteiger partial charge in [-0.25, -0.2) is 4.98 Å². The molecule has 0 aliphatic heterocycles. The number of esters is 1. The first-order chi connectivity index (χ1) is 10.1. The van der Waals surface area contributed by atoms with Crippen LogP contribution in [-0.2, 0) is 22.5 Å². The SMILES string of the molecule is CCCn1c(CC(C(=O)OC)C(C)C)nc2ccccc21. The minimum absolute atomic E-state index is 0.151. The van der Waals surface area contributed by atoms with Crippen LogP contribution < -0.4 is 0 Å². The molecule has 0 aliphatic carbocycles. The van der Waals surface area contributed by atoms with Crippen molar-refractivity contribution in [3.05, 3.63) is 30.1 Å². The van der Waals surface area contributed by atoms with Gasteiger partial charge < -0.3 is 9.30 Å². The molecule has 0 fully saturated rings. The summed E-state index contributed by atoms with van der Waals surface area (Å²) in [5.41, 5.74) is 2.13. The Kier molecular flexibility index (Phi) is 4.99. The first-order valence-electron chi connectivity index (χ1n) is 7.60. The van der Waals surface area contributed by atoms with Crippen LogP contribution in [-0.4, -0.2) is 22.6 Å². The Morgan fingerprint density at radius 1 is 1.33 bits per heavy atom.